The van der Waals surface area contributed by atoms with E-state index in [2.05, 4.69) is 27.5 Å². The number of nitrogens with zero attached hydrogens (tertiary/aromatic N) is 2. The predicted octanol–water partition coefficient (Wildman–Crippen LogP) is 3.05. The van der Waals surface area contributed by atoms with Crippen LogP contribution >= 0.6 is 35.3 Å². The Kier molecular flexibility index (Phi) is 10.2. The summed E-state index contributed by atoms with van der Waals surface area (Å²) < 4.78 is 24.4. The van der Waals surface area contributed by atoms with Crippen LogP contribution in [0.3, 0.4) is 0 Å². The number of sulfone groups is 1. The van der Waals surface area contributed by atoms with Crippen molar-refractivity contribution in [2.45, 2.75) is 32.6 Å². The highest BCUT2D eigenvalue weighted by Gasteiger charge is 2.11. The minimum absolute atomic E-state index is 0. The predicted molar refractivity (Wildman–Crippen MR) is 124 cm³/mol. The van der Waals surface area contributed by atoms with E-state index < -0.39 is 9.84 Å². The van der Waals surface area contributed by atoms with Gasteiger partial charge < -0.3 is 10.6 Å². The molecule has 2 rings (SSSR count). The Balaban J connectivity index is 0.00000364. The lowest BCUT2D eigenvalue weighted by atomic mass is 10.2. The van der Waals surface area contributed by atoms with E-state index in [1.807, 2.05) is 37.3 Å². The lowest BCUT2D eigenvalue weighted by molar-refractivity contribution is 0.591. The third kappa shape index (κ3) is 8.56. The highest BCUT2D eigenvalue weighted by atomic mass is 127. The molecule has 0 saturated heterocycles. The molecule has 0 unspecified atom stereocenters. The van der Waals surface area contributed by atoms with E-state index in [9.17, 15) is 8.42 Å². The van der Waals surface area contributed by atoms with Gasteiger partial charge in [-0.05, 0) is 25.8 Å². The quantitative estimate of drug-likeness (QED) is 0.241. The van der Waals surface area contributed by atoms with Gasteiger partial charge in [0.2, 0.25) is 0 Å². The molecule has 27 heavy (non-hydrogen) atoms. The summed E-state index contributed by atoms with van der Waals surface area (Å²) in [4.78, 5) is 9.85. The molecule has 1 aromatic carbocycles. The fourth-order valence-corrected chi connectivity index (χ4v) is 4.70. The Morgan fingerprint density at radius 2 is 1.89 bits per heavy atom. The lowest BCUT2D eigenvalue weighted by Crippen LogP contribution is -2.37. The van der Waals surface area contributed by atoms with Gasteiger partial charge in [-0.1, -0.05) is 30.3 Å². The Labute approximate surface area is 182 Å². The molecule has 0 atom stereocenters. The molecule has 1 aromatic heterocycles. The summed E-state index contributed by atoms with van der Waals surface area (Å²) in [6, 6.07) is 9.27. The normalized spacial score (nSPS) is 11.7. The number of halogens is 1. The second-order valence-corrected chi connectivity index (χ2v) is 9.50. The van der Waals surface area contributed by atoms with Crippen molar-refractivity contribution in [3.05, 3.63) is 51.5 Å². The van der Waals surface area contributed by atoms with Crippen LogP contribution in [0.25, 0.3) is 0 Å². The summed E-state index contributed by atoms with van der Waals surface area (Å²) in [6.07, 6.45) is 0.533. The number of hydrogen-bond donors (Lipinski definition) is 2. The Morgan fingerprint density at radius 1 is 1.19 bits per heavy atom. The van der Waals surface area contributed by atoms with Gasteiger partial charge in [0.15, 0.2) is 15.8 Å². The summed E-state index contributed by atoms with van der Waals surface area (Å²) in [6.45, 7) is 5.20. The van der Waals surface area contributed by atoms with Crippen LogP contribution in [0.2, 0.25) is 0 Å². The van der Waals surface area contributed by atoms with E-state index >= 15 is 0 Å². The topological polar surface area (TPSA) is 83.5 Å². The number of hydrogen-bond acceptors (Lipinski definition) is 5. The first kappa shape index (κ1) is 23.8. The maximum Gasteiger partial charge on any atom is 0.191 e. The van der Waals surface area contributed by atoms with E-state index in [0.717, 1.165) is 16.3 Å². The molecule has 0 aliphatic carbocycles. The van der Waals surface area contributed by atoms with Gasteiger partial charge in [0.05, 0.1) is 23.7 Å². The van der Waals surface area contributed by atoms with Gasteiger partial charge >= 0.3 is 0 Å². The number of aliphatic imine (C=N–C) groups is 1. The van der Waals surface area contributed by atoms with E-state index in [4.69, 9.17) is 0 Å². The number of aryl methyl sites for hydroxylation is 2. The first-order valence-electron chi connectivity index (χ1n) is 8.51. The van der Waals surface area contributed by atoms with Gasteiger partial charge in [-0.25, -0.2) is 13.4 Å². The Bertz CT molecular complexity index is 817. The molecule has 0 saturated carbocycles. The van der Waals surface area contributed by atoms with E-state index in [1.54, 1.807) is 18.4 Å². The highest BCUT2D eigenvalue weighted by Crippen LogP contribution is 2.15. The van der Waals surface area contributed by atoms with Crippen LogP contribution < -0.4 is 10.6 Å². The van der Waals surface area contributed by atoms with Crippen molar-refractivity contribution in [2.24, 2.45) is 4.99 Å². The van der Waals surface area contributed by atoms with Crippen LogP contribution in [-0.2, 0) is 22.1 Å². The molecule has 9 heteroatoms. The molecule has 6 nitrogen and oxygen atoms in total. The van der Waals surface area contributed by atoms with E-state index in [1.165, 1.54) is 4.88 Å². The monoisotopic (exact) mass is 522 g/mol. The van der Waals surface area contributed by atoms with Gasteiger partial charge in [0, 0.05) is 18.5 Å². The standard InChI is InChI=1S/C18H26N4O2S2.HI/c1-14-15(2)25-17(22-14)12-21-18(19-3)20-10-7-11-26(23,24)13-16-8-5-4-6-9-16;/h4-6,8-9H,7,10-13H2,1-3H3,(H2,19,20,21);1H. The summed E-state index contributed by atoms with van der Waals surface area (Å²) in [5.41, 5.74) is 1.88. The highest BCUT2D eigenvalue weighted by molar-refractivity contribution is 14.0. The molecule has 0 aliphatic rings. The van der Waals surface area contributed by atoms with E-state index in [0.29, 0.717) is 25.5 Å². The van der Waals surface area contributed by atoms with Crippen LogP contribution in [0.1, 0.15) is 27.6 Å². The summed E-state index contributed by atoms with van der Waals surface area (Å²) in [5, 5.41) is 7.36. The molecule has 2 aromatic rings. The minimum Gasteiger partial charge on any atom is -0.356 e. The molecule has 0 fully saturated rings. The van der Waals surface area contributed by atoms with Gasteiger partial charge in [0.25, 0.3) is 0 Å². The number of guanidine groups is 1. The van der Waals surface area contributed by atoms with Crippen molar-refractivity contribution in [2.75, 3.05) is 19.3 Å². The zero-order chi connectivity index (χ0) is 19.0. The van der Waals surface area contributed by atoms with Gasteiger partial charge in [0.1, 0.15) is 5.01 Å². The number of rotatable bonds is 8. The second-order valence-electron chi connectivity index (χ2n) is 6.03. The molecule has 0 aliphatic heterocycles. The molecule has 0 radical (unpaired) electrons. The van der Waals surface area contributed by atoms with Crippen molar-refractivity contribution in [1.29, 1.82) is 0 Å². The average Bonchev–Trinajstić information content (AvgIpc) is 2.92. The number of benzene rings is 1. The molecule has 150 valence electrons. The number of aromatic nitrogens is 1. The van der Waals surface area contributed by atoms with Crippen molar-refractivity contribution in [3.8, 4) is 0 Å². The Morgan fingerprint density at radius 3 is 2.48 bits per heavy atom. The number of nitrogens with one attached hydrogen (secondary N) is 2. The SMILES string of the molecule is CN=C(NCCCS(=O)(=O)Cc1ccccc1)NCc1nc(C)c(C)s1.I. The average molecular weight is 522 g/mol. The second kappa shape index (κ2) is 11.6. The maximum atomic E-state index is 12.2. The molecular weight excluding hydrogens is 495 g/mol. The molecule has 1 heterocycles. The van der Waals surface area contributed by atoms with Crippen LogP contribution in [0.5, 0.6) is 0 Å². The third-order valence-corrected chi connectivity index (χ3v) is 6.61. The van der Waals surface area contributed by atoms with Crippen molar-refractivity contribution >= 4 is 51.1 Å². The summed E-state index contributed by atoms with van der Waals surface area (Å²) >= 11 is 1.66. The van der Waals surface area contributed by atoms with Gasteiger partial charge in [-0.3, -0.25) is 4.99 Å². The van der Waals surface area contributed by atoms with Crippen molar-refractivity contribution < 1.29 is 8.42 Å². The largest absolute Gasteiger partial charge is 0.356 e. The molecule has 0 amide bonds. The number of thiazole rings is 1. The molecule has 0 bridgehead atoms. The third-order valence-electron chi connectivity index (χ3n) is 3.86. The summed E-state index contributed by atoms with van der Waals surface area (Å²) in [7, 11) is -1.41. The van der Waals surface area contributed by atoms with Crippen LogP contribution in [0, 0.1) is 13.8 Å². The van der Waals surface area contributed by atoms with Gasteiger partial charge in [-0.15, -0.1) is 35.3 Å². The van der Waals surface area contributed by atoms with Crippen molar-refractivity contribution in [3.63, 3.8) is 0 Å². The minimum atomic E-state index is -3.11. The summed E-state index contributed by atoms with van der Waals surface area (Å²) in [5.74, 6) is 0.885. The molecular formula is C18H27IN4O2S2. The fourth-order valence-electron chi connectivity index (χ4n) is 2.39. The van der Waals surface area contributed by atoms with Crippen LogP contribution in [-0.4, -0.2) is 38.7 Å². The van der Waals surface area contributed by atoms with Crippen molar-refractivity contribution in [1.82, 2.24) is 15.6 Å². The Hall–Kier alpha value is -1.20. The maximum absolute atomic E-state index is 12.2. The first-order chi connectivity index (χ1) is 12.4. The van der Waals surface area contributed by atoms with E-state index in [-0.39, 0.29) is 35.5 Å². The molecule has 2 N–H and O–H groups in total. The lowest BCUT2D eigenvalue weighted by Gasteiger charge is -2.11. The zero-order valence-corrected chi connectivity index (χ0v) is 19.8. The first-order valence-corrected chi connectivity index (χ1v) is 11.1. The van der Waals surface area contributed by atoms with Gasteiger partial charge in [-0.2, -0.15) is 0 Å². The van der Waals surface area contributed by atoms with Crippen LogP contribution in [0.15, 0.2) is 35.3 Å². The zero-order valence-electron chi connectivity index (χ0n) is 15.9. The smallest absolute Gasteiger partial charge is 0.191 e. The fraction of sp³-hybridized carbons (Fsp3) is 0.444. The molecule has 0 spiro atoms. The van der Waals surface area contributed by atoms with Crippen LogP contribution in [0.4, 0.5) is 0 Å².